The van der Waals surface area contributed by atoms with Gasteiger partial charge < -0.3 is 10.2 Å². The lowest BCUT2D eigenvalue weighted by molar-refractivity contribution is 0.0933. The number of amides is 1. The number of anilines is 1. The van der Waals surface area contributed by atoms with Gasteiger partial charge in [0.15, 0.2) is 0 Å². The fourth-order valence-corrected chi connectivity index (χ4v) is 3.03. The third-order valence-electron chi connectivity index (χ3n) is 3.37. The van der Waals surface area contributed by atoms with Crippen LogP contribution in [-0.2, 0) is 0 Å². The number of hydrogen-bond donors (Lipinski definition) is 1. The first-order chi connectivity index (χ1) is 9.83. The van der Waals surface area contributed by atoms with Gasteiger partial charge in [0, 0.05) is 42.5 Å². The first kappa shape index (κ1) is 13.1. The summed E-state index contributed by atoms with van der Waals surface area (Å²) in [4.78, 5) is 22.7. The van der Waals surface area contributed by atoms with Gasteiger partial charge in [-0.1, -0.05) is 0 Å². The molecule has 1 saturated heterocycles. The van der Waals surface area contributed by atoms with Gasteiger partial charge in [-0.3, -0.25) is 4.79 Å². The fraction of sp³-hybridized carbons (Fsp3) is 0.357. The van der Waals surface area contributed by atoms with Crippen molar-refractivity contribution in [1.29, 1.82) is 0 Å². The molecule has 5 nitrogen and oxygen atoms in total. The first-order valence-corrected chi connectivity index (χ1v) is 7.62. The van der Waals surface area contributed by atoms with Crippen LogP contribution in [0.2, 0.25) is 0 Å². The molecule has 1 aliphatic heterocycles. The highest BCUT2D eigenvalue weighted by Gasteiger charge is 2.23. The highest BCUT2D eigenvalue weighted by molar-refractivity contribution is 7.08. The SMILES string of the molecule is O=C(N[C@@H]1CCCN(c2ncccn2)C1)c1ccsc1. The number of hydrogen-bond acceptors (Lipinski definition) is 5. The second-order valence-electron chi connectivity index (χ2n) is 4.82. The third kappa shape index (κ3) is 2.96. The molecular weight excluding hydrogens is 272 g/mol. The summed E-state index contributed by atoms with van der Waals surface area (Å²) in [6.45, 7) is 1.70. The highest BCUT2D eigenvalue weighted by atomic mass is 32.1. The second kappa shape index (κ2) is 6.00. The van der Waals surface area contributed by atoms with Crippen LogP contribution < -0.4 is 10.2 Å². The minimum Gasteiger partial charge on any atom is -0.347 e. The molecule has 0 aromatic carbocycles. The van der Waals surface area contributed by atoms with Gasteiger partial charge in [0.2, 0.25) is 5.95 Å². The van der Waals surface area contributed by atoms with E-state index in [0.717, 1.165) is 37.4 Å². The van der Waals surface area contributed by atoms with Crippen molar-refractivity contribution < 1.29 is 4.79 Å². The van der Waals surface area contributed by atoms with Crippen LogP contribution in [0.4, 0.5) is 5.95 Å². The topological polar surface area (TPSA) is 58.1 Å². The molecular formula is C14H16N4OS. The van der Waals surface area contributed by atoms with Crippen molar-refractivity contribution in [3.05, 3.63) is 40.8 Å². The van der Waals surface area contributed by atoms with Gasteiger partial charge in [0.05, 0.1) is 0 Å². The van der Waals surface area contributed by atoms with E-state index < -0.39 is 0 Å². The smallest absolute Gasteiger partial charge is 0.252 e. The molecule has 20 heavy (non-hydrogen) atoms. The number of carbonyl (C=O) groups excluding carboxylic acids is 1. The maximum atomic E-state index is 12.1. The zero-order chi connectivity index (χ0) is 13.8. The molecule has 1 amide bonds. The van der Waals surface area contributed by atoms with Crippen molar-refractivity contribution in [3.8, 4) is 0 Å². The summed E-state index contributed by atoms with van der Waals surface area (Å²) < 4.78 is 0. The molecule has 2 aromatic rings. The Kier molecular flexibility index (Phi) is 3.92. The van der Waals surface area contributed by atoms with E-state index in [2.05, 4.69) is 20.2 Å². The van der Waals surface area contributed by atoms with Crippen LogP contribution in [0.3, 0.4) is 0 Å². The van der Waals surface area contributed by atoms with Gasteiger partial charge in [-0.15, -0.1) is 0 Å². The molecule has 2 aromatic heterocycles. The minimum absolute atomic E-state index is 0.00656. The number of rotatable bonds is 3. The number of thiophene rings is 1. The average Bonchev–Trinajstić information content (AvgIpc) is 3.03. The van der Waals surface area contributed by atoms with E-state index in [4.69, 9.17) is 0 Å². The number of nitrogens with zero attached hydrogens (tertiary/aromatic N) is 3. The largest absolute Gasteiger partial charge is 0.347 e. The van der Waals surface area contributed by atoms with Crippen LogP contribution in [0.25, 0.3) is 0 Å². The molecule has 0 aliphatic carbocycles. The van der Waals surface area contributed by atoms with Gasteiger partial charge in [-0.2, -0.15) is 11.3 Å². The predicted molar refractivity (Wildman–Crippen MR) is 79.1 cm³/mol. The van der Waals surface area contributed by atoms with Gasteiger partial charge >= 0.3 is 0 Å². The highest BCUT2D eigenvalue weighted by Crippen LogP contribution is 2.16. The molecule has 0 saturated carbocycles. The number of aromatic nitrogens is 2. The van der Waals surface area contributed by atoms with E-state index in [0.29, 0.717) is 0 Å². The standard InChI is InChI=1S/C14H16N4OS/c19-13(11-4-8-20-10-11)17-12-3-1-7-18(9-12)14-15-5-2-6-16-14/h2,4-6,8,10,12H,1,3,7,9H2,(H,17,19)/t12-/m1/s1. The summed E-state index contributed by atoms with van der Waals surface area (Å²) >= 11 is 1.54. The quantitative estimate of drug-likeness (QED) is 0.937. The van der Waals surface area contributed by atoms with Gasteiger partial charge in [0.25, 0.3) is 5.91 Å². The van der Waals surface area contributed by atoms with Crippen molar-refractivity contribution >= 4 is 23.2 Å². The molecule has 1 aliphatic rings. The van der Waals surface area contributed by atoms with Crippen LogP contribution >= 0.6 is 11.3 Å². The van der Waals surface area contributed by atoms with Crippen LogP contribution in [0.15, 0.2) is 35.3 Å². The summed E-state index contributed by atoms with van der Waals surface area (Å²) in [6, 6.07) is 3.81. The minimum atomic E-state index is 0.00656. The Labute approximate surface area is 121 Å². The molecule has 104 valence electrons. The molecule has 0 bridgehead atoms. The van der Waals surface area contributed by atoms with Crippen molar-refractivity contribution in [2.24, 2.45) is 0 Å². The van der Waals surface area contributed by atoms with Crippen molar-refractivity contribution in [3.63, 3.8) is 0 Å². The van der Waals surface area contributed by atoms with Gasteiger partial charge in [-0.25, -0.2) is 9.97 Å². The van der Waals surface area contributed by atoms with E-state index in [1.165, 1.54) is 11.3 Å². The van der Waals surface area contributed by atoms with Crippen LogP contribution in [-0.4, -0.2) is 35.0 Å². The zero-order valence-corrected chi connectivity index (χ0v) is 11.8. The number of piperidine rings is 1. The lowest BCUT2D eigenvalue weighted by atomic mass is 10.1. The Bertz CT molecular complexity index is 558. The van der Waals surface area contributed by atoms with Crippen molar-refractivity contribution in [2.45, 2.75) is 18.9 Å². The van der Waals surface area contributed by atoms with Gasteiger partial charge in [0.1, 0.15) is 0 Å². The van der Waals surface area contributed by atoms with Crippen LogP contribution in [0.1, 0.15) is 23.2 Å². The Morgan fingerprint density at radius 3 is 3.00 bits per heavy atom. The molecule has 0 spiro atoms. The Morgan fingerprint density at radius 2 is 2.25 bits per heavy atom. The summed E-state index contributed by atoms with van der Waals surface area (Å²) in [6.07, 6.45) is 5.53. The average molecular weight is 288 g/mol. The maximum Gasteiger partial charge on any atom is 0.252 e. The molecule has 1 atom stereocenters. The number of carbonyl (C=O) groups is 1. The lowest BCUT2D eigenvalue weighted by Crippen LogP contribution is -2.48. The summed E-state index contributed by atoms with van der Waals surface area (Å²) in [5.74, 6) is 0.745. The zero-order valence-electron chi connectivity index (χ0n) is 11.0. The Balaban J connectivity index is 1.62. The van der Waals surface area contributed by atoms with E-state index >= 15 is 0 Å². The Morgan fingerprint density at radius 1 is 1.40 bits per heavy atom. The monoisotopic (exact) mass is 288 g/mol. The van der Waals surface area contributed by atoms with E-state index in [-0.39, 0.29) is 11.9 Å². The molecule has 3 heterocycles. The van der Waals surface area contributed by atoms with Crippen LogP contribution in [0.5, 0.6) is 0 Å². The molecule has 0 unspecified atom stereocenters. The maximum absolute atomic E-state index is 12.1. The normalized spacial score (nSPS) is 18.8. The summed E-state index contributed by atoms with van der Waals surface area (Å²) in [5, 5.41) is 6.88. The Hall–Kier alpha value is -1.95. The fourth-order valence-electron chi connectivity index (χ4n) is 2.39. The van der Waals surface area contributed by atoms with Gasteiger partial charge in [-0.05, 0) is 30.4 Å². The van der Waals surface area contributed by atoms with E-state index in [1.54, 1.807) is 12.4 Å². The first-order valence-electron chi connectivity index (χ1n) is 6.68. The number of nitrogens with one attached hydrogen (secondary N) is 1. The third-order valence-corrected chi connectivity index (χ3v) is 4.06. The van der Waals surface area contributed by atoms with Crippen molar-refractivity contribution in [2.75, 3.05) is 18.0 Å². The molecule has 3 rings (SSSR count). The van der Waals surface area contributed by atoms with E-state index in [9.17, 15) is 4.79 Å². The van der Waals surface area contributed by atoms with E-state index in [1.807, 2.05) is 22.9 Å². The van der Waals surface area contributed by atoms with Crippen LogP contribution in [0, 0.1) is 0 Å². The molecule has 0 radical (unpaired) electrons. The molecule has 6 heteroatoms. The summed E-state index contributed by atoms with van der Waals surface area (Å²) in [5.41, 5.74) is 0.739. The summed E-state index contributed by atoms with van der Waals surface area (Å²) in [7, 11) is 0. The van der Waals surface area contributed by atoms with Crippen molar-refractivity contribution in [1.82, 2.24) is 15.3 Å². The molecule has 1 N–H and O–H groups in total. The lowest BCUT2D eigenvalue weighted by Gasteiger charge is -2.33. The molecule has 1 fully saturated rings. The second-order valence-corrected chi connectivity index (χ2v) is 5.60. The predicted octanol–water partition coefficient (Wildman–Crippen LogP) is 1.94.